The van der Waals surface area contributed by atoms with E-state index in [-0.39, 0.29) is 5.04 Å². The van der Waals surface area contributed by atoms with E-state index in [1.807, 2.05) is 12.1 Å². The van der Waals surface area contributed by atoms with Gasteiger partial charge in [-0.15, -0.1) is 0 Å². The third-order valence-corrected chi connectivity index (χ3v) is 9.39. The fourth-order valence-corrected chi connectivity index (χ4v) is 3.50. The van der Waals surface area contributed by atoms with Gasteiger partial charge >= 0.3 is 0 Å². The number of rotatable bonds is 5. The Kier molecular flexibility index (Phi) is 6.12. The van der Waals surface area contributed by atoms with Crippen molar-refractivity contribution in [3.63, 3.8) is 0 Å². The standard InChI is InChI=1S/C15H24BrClOSi/c1-15(2,3)19(4,5)18-10-6-7-12-8-9-13(17)11-14(12)16/h8-9,11H,6-7,10H2,1-5H3. The highest BCUT2D eigenvalue weighted by Crippen LogP contribution is 2.36. The first-order chi connectivity index (χ1) is 8.63. The van der Waals surface area contributed by atoms with E-state index < -0.39 is 8.32 Å². The minimum absolute atomic E-state index is 0.286. The summed E-state index contributed by atoms with van der Waals surface area (Å²) >= 11 is 9.49. The second-order valence-electron chi connectivity index (χ2n) is 6.45. The molecule has 0 amide bonds. The molecule has 0 saturated carbocycles. The van der Waals surface area contributed by atoms with E-state index in [9.17, 15) is 0 Å². The molecular weight excluding hydrogens is 340 g/mol. The van der Waals surface area contributed by atoms with Crippen LogP contribution in [0.5, 0.6) is 0 Å². The highest BCUT2D eigenvalue weighted by molar-refractivity contribution is 9.10. The highest BCUT2D eigenvalue weighted by Gasteiger charge is 2.36. The maximum absolute atomic E-state index is 6.18. The molecule has 0 bridgehead atoms. The van der Waals surface area contributed by atoms with Crippen molar-refractivity contribution in [3.05, 3.63) is 33.3 Å². The molecule has 4 heteroatoms. The van der Waals surface area contributed by atoms with Crippen molar-refractivity contribution >= 4 is 35.8 Å². The lowest BCUT2D eigenvalue weighted by Gasteiger charge is -2.36. The molecule has 0 aliphatic rings. The predicted molar refractivity (Wildman–Crippen MR) is 90.6 cm³/mol. The largest absolute Gasteiger partial charge is 0.417 e. The molecule has 1 rings (SSSR count). The monoisotopic (exact) mass is 362 g/mol. The Morgan fingerprint density at radius 3 is 2.42 bits per heavy atom. The molecule has 0 atom stereocenters. The molecule has 0 N–H and O–H groups in total. The molecule has 0 unspecified atom stereocenters. The summed E-state index contributed by atoms with van der Waals surface area (Å²) in [5, 5.41) is 1.06. The number of aryl methyl sites for hydroxylation is 1. The number of benzene rings is 1. The van der Waals surface area contributed by atoms with Crippen LogP contribution < -0.4 is 0 Å². The summed E-state index contributed by atoms with van der Waals surface area (Å²) in [6.45, 7) is 12.3. The van der Waals surface area contributed by atoms with Crippen LogP contribution in [0.15, 0.2) is 22.7 Å². The lowest BCUT2D eigenvalue weighted by Crippen LogP contribution is -2.41. The molecular formula is C15H24BrClOSi. The van der Waals surface area contributed by atoms with Gasteiger partial charge in [-0.1, -0.05) is 54.4 Å². The molecule has 0 saturated heterocycles. The van der Waals surface area contributed by atoms with Crippen LogP contribution in [0.25, 0.3) is 0 Å². The Balaban J connectivity index is 2.43. The second kappa shape index (κ2) is 6.75. The molecule has 0 aromatic heterocycles. The molecule has 0 aliphatic carbocycles. The van der Waals surface area contributed by atoms with E-state index in [0.717, 1.165) is 28.9 Å². The molecule has 108 valence electrons. The first-order valence-corrected chi connectivity index (χ1v) is 10.8. The van der Waals surface area contributed by atoms with Crippen LogP contribution in [0.2, 0.25) is 23.2 Å². The summed E-state index contributed by atoms with van der Waals surface area (Å²) in [6, 6.07) is 5.97. The van der Waals surface area contributed by atoms with Crippen LogP contribution >= 0.6 is 27.5 Å². The molecule has 1 aromatic rings. The SMILES string of the molecule is CC(C)(C)[Si](C)(C)OCCCc1ccc(Cl)cc1Br. The Hall–Kier alpha value is 0.167. The Labute approximate surface area is 132 Å². The van der Waals surface area contributed by atoms with Crippen LogP contribution in [-0.2, 0) is 10.8 Å². The van der Waals surface area contributed by atoms with Crippen molar-refractivity contribution in [2.45, 2.75) is 51.7 Å². The number of hydrogen-bond donors (Lipinski definition) is 0. The normalized spacial score (nSPS) is 12.8. The smallest absolute Gasteiger partial charge is 0.191 e. The van der Waals surface area contributed by atoms with Crippen LogP contribution in [0.1, 0.15) is 32.8 Å². The van der Waals surface area contributed by atoms with Gasteiger partial charge in [0.05, 0.1) is 0 Å². The van der Waals surface area contributed by atoms with Gasteiger partial charge in [0.1, 0.15) is 0 Å². The maximum Gasteiger partial charge on any atom is 0.191 e. The summed E-state index contributed by atoms with van der Waals surface area (Å²) in [4.78, 5) is 0. The predicted octanol–water partition coefficient (Wildman–Crippen LogP) is 6.06. The van der Waals surface area contributed by atoms with Crippen LogP contribution in [0, 0.1) is 0 Å². The first kappa shape index (κ1) is 17.2. The van der Waals surface area contributed by atoms with E-state index in [4.69, 9.17) is 16.0 Å². The van der Waals surface area contributed by atoms with Gasteiger partial charge in [0, 0.05) is 16.1 Å². The minimum atomic E-state index is -1.60. The van der Waals surface area contributed by atoms with E-state index in [1.165, 1.54) is 5.56 Å². The maximum atomic E-state index is 6.18. The molecule has 0 aliphatic heterocycles. The van der Waals surface area contributed by atoms with Gasteiger partial charge in [-0.25, -0.2) is 0 Å². The van der Waals surface area contributed by atoms with Crippen molar-refractivity contribution in [1.82, 2.24) is 0 Å². The number of halogens is 2. The van der Waals surface area contributed by atoms with Crippen LogP contribution in [0.3, 0.4) is 0 Å². The number of hydrogen-bond acceptors (Lipinski definition) is 1. The highest BCUT2D eigenvalue weighted by atomic mass is 79.9. The van der Waals surface area contributed by atoms with Gasteiger partial charge in [-0.2, -0.15) is 0 Å². The lowest BCUT2D eigenvalue weighted by atomic mass is 10.1. The molecule has 0 spiro atoms. The van der Waals surface area contributed by atoms with Gasteiger partial charge < -0.3 is 4.43 Å². The fourth-order valence-electron chi connectivity index (χ4n) is 1.53. The van der Waals surface area contributed by atoms with Gasteiger partial charge in [-0.05, 0) is 48.7 Å². The van der Waals surface area contributed by atoms with E-state index >= 15 is 0 Å². The average molecular weight is 364 g/mol. The van der Waals surface area contributed by atoms with Crippen molar-refractivity contribution in [2.24, 2.45) is 0 Å². The van der Waals surface area contributed by atoms with Gasteiger partial charge in [0.15, 0.2) is 8.32 Å². The Morgan fingerprint density at radius 1 is 1.26 bits per heavy atom. The minimum Gasteiger partial charge on any atom is -0.417 e. The zero-order valence-corrected chi connectivity index (χ0v) is 15.9. The van der Waals surface area contributed by atoms with Crippen LogP contribution in [0.4, 0.5) is 0 Å². The van der Waals surface area contributed by atoms with Crippen LogP contribution in [-0.4, -0.2) is 14.9 Å². The molecule has 0 fully saturated rings. The Bertz CT molecular complexity index is 427. The summed E-state index contributed by atoms with van der Waals surface area (Å²) in [5.74, 6) is 0. The summed E-state index contributed by atoms with van der Waals surface area (Å²) in [6.07, 6.45) is 2.07. The van der Waals surface area contributed by atoms with Crippen molar-refractivity contribution in [2.75, 3.05) is 6.61 Å². The summed E-state index contributed by atoms with van der Waals surface area (Å²) in [5.41, 5.74) is 1.29. The summed E-state index contributed by atoms with van der Waals surface area (Å²) in [7, 11) is -1.60. The van der Waals surface area contributed by atoms with E-state index in [2.05, 4.69) is 55.9 Å². The van der Waals surface area contributed by atoms with Gasteiger partial charge in [0.25, 0.3) is 0 Å². The first-order valence-electron chi connectivity index (χ1n) is 6.71. The molecule has 1 aromatic carbocycles. The summed E-state index contributed by atoms with van der Waals surface area (Å²) < 4.78 is 7.27. The fraction of sp³-hybridized carbons (Fsp3) is 0.600. The third-order valence-electron chi connectivity index (χ3n) is 3.87. The topological polar surface area (TPSA) is 9.23 Å². The van der Waals surface area contributed by atoms with Gasteiger partial charge in [0.2, 0.25) is 0 Å². The lowest BCUT2D eigenvalue weighted by molar-refractivity contribution is 0.282. The van der Waals surface area contributed by atoms with E-state index in [1.54, 1.807) is 0 Å². The molecule has 0 heterocycles. The zero-order valence-electron chi connectivity index (χ0n) is 12.5. The second-order valence-corrected chi connectivity index (χ2v) is 12.5. The third kappa shape index (κ3) is 5.22. The quantitative estimate of drug-likeness (QED) is 0.456. The van der Waals surface area contributed by atoms with Crippen molar-refractivity contribution in [3.8, 4) is 0 Å². The average Bonchev–Trinajstić information content (AvgIpc) is 2.25. The van der Waals surface area contributed by atoms with E-state index in [0.29, 0.717) is 0 Å². The zero-order chi connectivity index (χ0) is 14.7. The van der Waals surface area contributed by atoms with Crippen molar-refractivity contribution in [1.29, 1.82) is 0 Å². The molecule has 19 heavy (non-hydrogen) atoms. The molecule has 0 radical (unpaired) electrons. The molecule has 1 nitrogen and oxygen atoms in total. The van der Waals surface area contributed by atoms with Crippen molar-refractivity contribution < 1.29 is 4.43 Å². The Morgan fingerprint density at radius 2 is 1.89 bits per heavy atom. The van der Waals surface area contributed by atoms with Gasteiger partial charge in [-0.3, -0.25) is 0 Å².